The van der Waals surface area contributed by atoms with E-state index < -0.39 is 0 Å². The molecule has 0 aliphatic carbocycles. The molecule has 0 rings (SSSR count). The molecule has 0 aromatic carbocycles. The van der Waals surface area contributed by atoms with Gasteiger partial charge in [-0.2, -0.15) is 0 Å². The van der Waals surface area contributed by atoms with E-state index in [2.05, 4.69) is 41.5 Å². The van der Waals surface area contributed by atoms with Crippen LogP contribution in [0.3, 0.4) is 0 Å². The minimum Gasteiger partial charge on any atom is -0.313 e. The van der Waals surface area contributed by atoms with Crippen molar-refractivity contribution in [3.05, 3.63) is 0 Å². The maximum absolute atomic E-state index is 7.35. The lowest BCUT2D eigenvalue weighted by Gasteiger charge is -2.30. The van der Waals surface area contributed by atoms with E-state index in [-0.39, 0.29) is 5.41 Å². The van der Waals surface area contributed by atoms with Crippen molar-refractivity contribution in [2.45, 2.75) is 60.8 Å². The van der Waals surface area contributed by atoms with Gasteiger partial charge in [-0.3, -0.25) is 0 Å². The zero-order valence-corrected chi connectivity index (χ0v) is 10.8. The Balaban J connectivity index is 4.11. The summed E-state index contributed by atoms with van der Waals surface area (Å²) in [6.07, 6.45) is 5.21. The zero-order chi connectivity index (χ0) is 11.4. The third-order valence-corrected chi connectivity index (χ3v) is 3.12. The van der Waals surface area contributed by atoms with Crippen LogP contribution in [0, 0.1) is 22.2 Å². The van der Waals surface area contributed by atoms with Gasteiger partial charge in [-0.15, -0.1) is 0 Å². The van der Waals surface area contributed by atoms with Crippen LogP contribution in [-0.2, 0) is 0 Å². The van der Waals surface area contributed by atoms with Crippen molar-refractivity contribution in [2.24, 2.45) is 16.7 Å². The first-order chi connectivity index (χ1) is 6.22. The van der Waals surface area contributed by atoms with E-state index in [4.69, 9.17) is 5.41 Å². The molecule has 1 N–H and O–H groups in total. The topological polar surface area (TPSA) is 23.9 Å². The fraction of sp³-hybridized carbons (Fsp3) is 0.923. The van der Waals surface area contributed by atoms with E-state index >= 15 is 0 Å². The van der Waals surface area contributed by atoms with E-state index in [1.54, 1.807) is 6.21 Å². The lowest BCUT2D eigenvalue weighted by atomic mass is 9.75. The van der Waals surface area contributed by atoms with E-state index in [9.17, 15) is 0 Å². The monoisotopic (exact) mass is 197 g/mol. The number of hydrogen-bond acceptors (Lipinski definition) is 1. The van der Waals surface area contributed by atoms with Crippen molar-refractivity contribution >= 4 is 6.21 Å². The number of rotatable bonds is 6. The largest absolute Gasteiger partial charge is 0.313 e. The molecule has 0 heterocycles. The summed E-state index contributed by atoms with van der Waals surface area (Å²) in [6, 6.07) is 0. The summed E-state index contributed by atoms with van der Waals surface area (Å²) in [4.78, 5) is 0. The Hall–Kier alpha value is -0.330. The second-order valence-corrected chi connectivity index (χ2v) is 6.16. The highest BCUT2D eigenvalue weighted by Crippen LogP contribution is 2.34. The van der Waals surface area contributed by atoms with Crippen molar-refractivity contribution in [1.29, 1.82) is 5.41 Å². The van der Waals surface area contributed by atoms with Crippen molar-refractivity contribution in [3.63, 3.8) is 0 Å². The lowest BCUT2D eigenvalue weighted by molar-refractivity contribution is 0.234. The molecule has 1 unspecified atom stereocenters. The van der Waals surface area contributed by atoms with Crippen molar-refractivity contribution in [2.75, 3.05) is 0 Å². The summed E-state index contributed by atoms with van der Waals surface area (Å²) in [5.74, 6) is 0.710. The highest BCUT2D eigenvalue weighted by atomic mass is 14.4. The van der Waals surface area contributed by atoms with Gasteiger partial charge in [0.1, 0.15) is 0 Å². The van der Waals surface area contributed by atoms with Gasteiger partial charge in [0.2, 0.25) is 0 Å². The standard InChI is InChI=1S/C13H27N/c1-7-12(3,4)8-11(2)9-13(5,6)10-14/h10-11,14H,7-9H2,1-6H3. The second-order valence-electron chi connectivity index (χ2n) is 6.16. The minimum absolute atomic E-state index is 0.0727. The highest BCUT2D eigenvalue weighted by Gasteiger charge is 2.23. The van der Waals surface area contributed by atoms with Gasteiger partial charge in [-0.05, 0) is 29.6 Å². The van der Waals surface area contributed by atoms with Crippen LogP contribution in [0.4, 0.5) is 0 Å². The molecule has 0 amide bonds. The average Bonchev–Trinajstić information content (AvgIpc) is 2.02. The van der Waals surface area contributed by atoms with Gasteiger partial charge in [0.05, 0.1) is 0 Å². The fourth-order valence-electron chi connectivity index (χ4n) is 2.12. The van der Waals surface area contributed by atoms with Crippen LogP contribution in [0.25, 0.3) is 0 Å². The molecule has 0 radical (unpaired) electrons. The summed E-state index contributed by atoms with van der Waals surface area (Å²) >= 11 is 0. The SMILES string of the molecule is CCC(C)(C)CC(C)CC(C)(C)C=N. The molecular formula is C13H27N. The molecule has 1 atom stereocenters. The quantitative estimate of drug-likeness (QED) is 0.606. The summed E-state index contributed by atoms with van der Waals surface area (Å²) in [7, 11) is 0. The molecule has 0 fully saturated rings. The summed E-state index contributed by atoms with van der Waals surface area (Å²) in [6.45, 7) is 13.5. The van der Waals surface area contributed by atoms with Gasteiger partial charge in [-0.1, -0.05) is 48.0 Å². The van der Waals surface area contributed by atoms with Crippen molar-refractivity contribution in [1.82, 2.24) is 0 Å². The van der Waals surface area contributed by atoms with Gasteiger partial charge in [0.15, 0.2) is 0 Å². The third kappa shape index (κ3) is 5.41. The van der Waals surface area contributed by atoms with E-state index in [0.29, 0.717) is 11.3 Å². The number of hydrogen-bond donors (Lipinski definition) is 1. The van der Waals surface area contributed by atoms with Crippen LogP contribution in [0.2, 0.25) is 0 Å². The van der Waals surface area contributed by atoms with Crippen LogP contribution < -0.4 is 0 Å². The van der Waals surface area contributed by atoms with Crippen LogP contribution in [0.5, 0.6) is 0 Å². The molecule has 84 valence electrons. The Morgan fingerprint density at radius 3 is 2.00 bits per heavy atom. The van der Waals surface area contributed by atoms with Gasteiger partial charge < -0.3 is 5.41 Å². The van der Waals surface area contributed by atoms with Crippen molar-refractivity contribution < 1.29 is 0 Å². The first kappa shape index (κ1) is 13.7. The molecule has 14 heavy (non-hydrogen) atoms. The fourth-order valence-corrected chi connectivity index (χ4v) is 2.12. The van der Waals surface area contributed by atoms with Crippen LogP contribution in [-0.4, -0.2) is 6.21 Å². The Kier molecular flexibility index (Phi) is 4.83. The predicted octanol–water partition coefficient (Wildman–Crippen LogP) is 4.51. The van der Waals surface area contributed by atoms with Gasteiger partial charge in [0, 0.05) is 6.21 Å². The molecule has 0 aliphatic heterocycles. The molecular weight excluding hydrogens is 170 g/mol. The van der Waals surface area contributed by atoms with Crippen LogP contribution >= 0.6 is 0 Å². The second kappa shape index (κ2) is 4.95. The normalized spacial score (nSPS) is 15.3. The van der Waals surface area contributed by atoms with Crippen LogP contribution in [0.15, 0.2) is 0 Å². The average molecular weight is 197 g/mol. The maximum atomic E-state index is 7.35. The van der Waals surface area contributed by atoms with Gasteiger partial charge in [0.25, 0.3) is 0 Å². The molecule has 0 aromatic rings. The summed E-state index contributed by atoms with van der Waals surface area (Å²) in [5.41, 5.74) is 0.529. The number of nitrogens with one attached hydrogen (secondary N) is 1. The molecule has 1 heteroatoms. The summed E-state index contributed by atoms with van der Waals surface area (Å²) in [5, 5.41) is 7.35. The predicted molar refractivity (Wildman–Crippen MR) is 65.0 cm³/mol. The lowest BCUT2D eigenvalue weighted by Crippen LogP contribution is -2.21. The minimum atomic E-state index is 0.0727. The zero-order valence-electron chi connectivity index (χ0n) is 10.8. The molecule has 1 nitrogen and oxygen atoms in total. The van der Waals surface area contributed by atoms with Gasteiger partial charge in [-0.25, -0.2) is 0 Å². The third-order valence-electron chi connectivity index (χ3n) is 3.12. The molecule has 0 bridgehead atoms. The summed E-state index contributed by atoms with van der Waals surface area (Å²) < 4.78 is 0. The van der Waals surface area contributed by atoms with Crippen molar-refractivity contribution in [3.8, 4) is 0 Å². The molecule has 0 saturated heterocycles. The smallest absolute Gasteiger partial charge is 0.000877 e. The Bertz CT molecular complexity index is 180. The Labute approximate surface area is 89.8 Å². The molecule has 0 spiro atoms. The Morgan fingerprint density at radius 1 is 1.14 bits per heavy atom. The van der Waals surface area contributed by atoms with E-state index in [1.165, 1.54) is 12.8 Å². The van der Waals surface area contributed by atoms with E-state index in [0.717, 1.165) is 6.42 Å². The first-order valence-corrected chi connectivity index (χ1v) is 5.74. The molecule has 0 saturated carbocycles. The molecule has 0 aromatic heterocycles. The van der Waals surface area contributed by atoms with Crippen LogP contribution in [0.1, 0.15) is 60.8 Å². The van der Waals surface area contributed by atoms with Gasteiger partial charge >= 0.3 is 0 Å². The first-order valence-electron chi connectivity index (χ1n) is 5.74. The molecule has 0 aliphatic rings. The van der Waals surface area contributed by atoms with E-state index in [1.807, 2.05) is 0 Å². The Morgan fingerprint density at radius 2 is 1.64 bits per heavy atom. The highest BCUT2D eigenvalue weighted by molar-refractivity contribution is 5.60. The maximum Gasteiger partial charge on any atom is 0.000877 e.